The predicted molar refractivity (Wildman–Crippen MR) is 61.8 cm³/mol. The van der Waals surface area contributed by atoms with Crippen LogP contribution < -0.4 is 5.32 Å². The van der Waals surface area contributed by atoms with Gasteiger partial charge in [0, 0.05) is 12.1 Å². The minimum Gasteiger partial charge on any atom is -0.379 e. The van der Waals surface area contributed by atoms with E-state index in [4.69, 9.17) is 11.6 Å². The first-order chi connectivity index (χ1) is 7.56. The molecule has 0 bridgehead atoms. The van der Waals surface area contributed by atoms with Gasteiger partial charge in [0.1, 0.15) is 5.82 Å². The van der Waals surface area contributed by atoms with Gasteiger partial charge < -0.3 is 5.32 Å². The molecule has 0 aliphatic heterocycles. The zero-order chi connectivity index (χ0) is 11.7. The molecule has 0 radical (unpaired) electrons. The molecule has 1 aromatic carbocycles. The van der Waals surface area contributed by atoms with E-state index in [2.05, 4.69) is 5.32 Å². The minimum absolute atomic E-state index is 0.0974. The van der Waals surface area contributed by atoms with E-state index in [1.807, 2.05) is 6.92 Å². The average molecular weight is 246 g/mol. The van der Waals surface area contributed by atoms with E-state index >= 15 is 0 Å². The van der Waals surface area contributed by atoms with Crippen LogP contribution in [-0.4, -0.2) is 6.04 Å². The van der Waals surface area contributed by atoms with Crippen LogP contribution in [0.25, 0.3) is 0 Å². The van der Waals surface area contributed by atoms with Gasteiger partial charge in [0.25, 0.3) is 0 Å². The predicted octanol–water partition coefficient (Wildman–Crippen LogP) is 4.22. The van der Waals surface area contributed by atoms with Crippen molar-refractivity contribution in [3.05, 3.63) is 28.8 Å². The summed E-state index contributed by atoms with van der Waals surface area (Å²) in [5, 5.41) is 3.10. The van der Waals surface area contributed by atoms with E-state index in [-0.39, 0.29) is 16.8 Å². The molecule has 16 heavy (non-hydrogen) atoms. The third-order valence-electron chi connectivity index (χ3n) is 2.78. The Morgan fingerprint density at radius 1 is 1.44 bits per heavy atom. The summed E-state index contributed by atoms with van der Waals surface area (Å²) in [6, 6.07) is 2.12. The highest BCUT2D eigenvalue weighted by atomic mass is 35.5. The minimum atomic E-state index is -0.650. The molecule has 1 nitrogen and oxygen atoms in total. The SMILES string of the molecule is CC(CC1CC1)Nc1c(F)cc(F)cc1Cl. The lowest BCUT2D eigenvalue weighted by Gasteiger charge is -2.16. The highest BCUT2D eigenvalue weighted by Crippen LogP contribution is 2.35. The van der Waals surface area contributed by atoms with Crippen LogP contribution in [0.2, 0.25) is 5.02 Å². The average Bonchev–Trinajstić information content (AvgIpc) is 2.95. The molecule has 1 N–H and O–H groups in total. The maximum absolute atomic E-state index is 13.4. The summed E-state index contributed by atoms with van der Waals surface area (Å²) in [7, 11) is 0. The third kappa shape index (κ3) is 2.85. The van der Waals surface area contributed by atoms with Gasteiger partial charge in [-0.25, -0.2) is 8.78 Å². The topological polar surface area (TPSA) is 12.0 Å². The molecule has 1 aromatic rings. The molecule has 0 amide bonds. The zero-order valence-corrected chi connectivity index (χ0v) is 9.82. The second kappa shape index (κ2) is 4.58. The molecule has 0 spiro atoms. The van der Waals surface area contributed by atoms with Crippen molar-refractivity contribution in [1.29, 1.82) is 0 Å². The van der Waals surface area contributed by atoms with Gasteiger partial charge in [-0.2, -0.15) is 0 Å². The first-order valence-electron chi connectivity index (χ1n) is 5.47. The Kier molecular flexibility index (Phi) is 3.33. The Hall–Kier alpha value is -0.830. The highest BCUT2D eigenvalue weighted by molar-refractivity contribution is 6.33. The lowest BCUT2D eigenvalue weighted by Crippen LogP contribution is -2.17. The highest BCUT2D eigenvalue weighted by Gasteiger charge is 2.24. The van der Waals surface area contributed by atoms with Crippen molar-refractivity contribution < 1.29 is 8.78 Å². The number of halogens is 3. The molecule has 4 heteroatoms. The molecular formula is C12H14ClF2N. The molecule has 0 saturated heterocycles. The Morgan fingerprint density at radius 3 is 2.69 bits per heavy atom. The Labute approximate surface area is 98.8 Å². The summed E-state index contributed by atoms with van der Waals surface area (Å²) in [4.78, 5) is 0. The van der Waals surface area contributed by atoms with Crippen LogP contribution in [0.5, 0.6) is 0 Å². The van der Waals surface area contributed by atoms with Crippen molar-refractivity contribution in [1.82, 2.24) is 0 Å². The molecule has 0 heterocycles. The number of hydrogen-bond acceptors (Lipinski definition) is 1. The first kappa shape index (κ1) is 11.6. The molecule has 1 saturated carbocycles. The van der Waals surface area contributed by atoms with E-state index in [0.29, 0.717) is 0 Å². The fourth-order valence-corrected chi connectivity index (χ4v) is 2.09. The fourth-order valence-electron chi connectivity index (χ4n) is 1.84. The van der Waals surface area contributed by atoms with Gasteiger partial charge in [-0.15, -0.1) is 0 Å². The van der Waals surface area contributed by atoms with Gasteiger partial charge in [-0.05, 0) is 25.3 Å². The van der Waals surface area contributed by atoms with E-state index in [1.165, 1.54) is 12.8 Å². The molecule has 1 aliphatic carbocycles. The smallest absolute Gasteiger partial charge is 0.150 e. The van der Waals surface area contributed by atoms with Gasteiger partial charge in [-0.3, -0.25) is 0 Å². The van der Waals surface area contributed by atoms with Crippen molar-refractivity contribution in [2.75, 3.05) is 5.32 Å². The number of hydrogen-bond donors (Lipinski definition) is 1. The van der Waals surface area contributed by atoms with Crippen LogP contribution in [0.1, 0.15) is 26.2 Å². The van der Waals surface area contributed by atoms with Crippen LogP contribution >= 0.6 is 11.6 Å². The molecular weight excluding hydrogens is 232 g/mol. The molecule has 88 valence electrons. The molecule has 2 rings (SSSR count). The van der Waals surface area contributed by atoms with Gasteiger partial charge in [0.05, 0.1) is 10.7 Å². The first-order valence-corrected chi connectivity index (χ1v) is 5.85. The maximum Gasteiger partial charge on any atom is 0.150 e. The van der Waals surface area contributed by atoms with Gasteiger partial charge in [0.15, 0.2) is 5.82 Å². The quantitative estimate of drug-likeness (QED) is 0.838. The summed E-state index contributed by atoms with van der Waals surface area (Å²) in [6.45, 7) is 1.98. The summed E-state index contributed by atoms with van der Waals surface area (Å²) in [6.07, 6.45) is 3.52. The van der Waals surface area contributed by atoms with E-state index < -0.39 is 11.6 Å². The molecule has 0 aromatic heterocycles. The van der Waals surface area contributed by atoms with Crippen LogP contribution in [0, 0.1) is 17.6 Å². The zero-order valence-electron chi connectivity index (χ0n) is 9.06. The van der Waals surface area contributed by atoms with Gasteiger partial charge >= 0.3 is 0 Å². The summed E-state index contributed by atoms with van der Waals surface area (Å²) < 4.78 is 26.3. The van der Waals surface area contributed by atoms with Gasteiger partial charge in [0.2, 0.25) is 0 Å². The van der Waals surface area contributed by atoms with E-state index in [1.54, 1.807) is 0 Å². The third-order valence-corrected chi connectivity index (χ3v) is 3.08. The van der Waals surface area contributed by atoms with Crippen LogP contribution in [0.15, 0.2) is 12.1 Å². The lowest BCUT2D eigenvalue weighted by atomic mass is 10.1. The van der Waals surface area contributed by atoms with Crippen molar-refractivity contribution >= 4 is 17.3 Å². The van der Waals surface area contributed by atoms with Crippen LogP contribution in [-0.2, 0) is 0 Å². The fraction of sp³-hybridized carbons (Fsp3) is 0.500. The van der Waals surface area contributed by atoms with Crippen molar-refractivity contribution in [3.63, 3.8) is 0 Å². The standard InChI is InChI=1S/C12H14ClF2N/c1-7(4-8-2-3-8)16-12-10(13)5-9(14)6-11(12)15/h5-8,16H,2-4H2,1H3. The largest absolute Gasteiger partial charge is 0.379 e. The summed E-state index contributed by atoms with van der Waals surface area (Å²) in [5.41, 5.74) is 0.205. The maximum atomic E-state index is 13.4. The molecule has 1 unspecified atom stereocenters. The molecule has 1 fully saturated rings. The number of rotatable bonds is 4. The Morgan fingerprint density at radius 2 is 2.12 bits per heavy atom. The number of nitrogens with one attached hydrogen (secondary N) is 1. The van der Waals surface area contributed by atoms with Gasteiger partial charge in [-0.1, -0.05) is 24.4 Å². The molecule has 1 aliphatic rings. The monoisotopic (exact) mass is 245 g/mol. The summed E-state index contributed by atoms with van der Waals surface area (Å²) in [5.74, 6) is -0.527. The Balaban J connectivity index is 2.07. The normalized spacial score (nSPS) is 17.2. The van der Waals surface area contributed by atoms with Crippen molar-refractivity contribution in [3.8, 4) is 0 Å². The Bertz CT molecular complexity index is 368. The number of anilines is 1. The second-order valence-corrected chi connectivity index (χ2v) is 4.88. The van der Waals surface area contributed by atoms with Crippen LogP contribution in [0.4, 0.5) is 14.5 Å². The second-order valence-electron chi connectivity index (χ2n) is 4.47. The molecule has 1 atom stereocenters. The van der Waals surface area contributed by atoms with E-state index in [0.717, 1.165) is 24.5 Å². The number of benzene rings is 1. The summed E-state index contributed by atoms with van der Waals surface area (Å²) >= 11 is 5.79. The van der Waals surface area contributed by atoms with Crippen molar-refractivity contribution in [2.45, 2.75) is 32.2 Å². The van der Waals surface area contributed by atoms with Crippen LogP contribution in [0.3, 0.4) is 0 Å². The lowest BCUT2D eigenvalue weighted by molar-refractivity contribution is 0.579. The van der Waals surface area contributed by atoms with E-state index in [9.17, 15) is 8.78 Å². The van der Waals surface area contributed by atoms with Crippen molar-refractivity contribution in [2.24, 2.45) is 5.92 Å².